The number of thiazole rings is 1. The van der Waals surface area contributed by atoms with Gasteiger partial charge in [-0.05, 0) is 37.1 Å². The molecule has 20 heavy (non-hydrogen) atoms. The number of aromatic nitrogens is 1. The predicted octanol–water partition coefficient (Wildman–Crippen LogP) is 3.48. The Labute approximate surface area is 127 Å². The van der Waals surface area contributed by atoms with Crippen molar-refractivity contribution in [2.75, 3.05) is 6.54 Å². The van der Waals surface area contributed by atoms with E-state index in [2.05, 4.69) is 10.3 Å². The van der Waals surface area contributed by atoms with E-state index in [1.54, 1.807) is 17.4 Å². The number of nitrogens with one attached hydrogen (secondary N) is 1. The first-order valence-corrected chi connectivity index (χ1v) is 7.52. The Morgan fingerprint density at radius 1 is 1.40 bits per heavy atom. The second-order valence-corrected chi connectivity index (χ2v) is 5.79. The van der Waals surface area contributed by atoms with E-state index in [1.807, 2.05) is 36.6 Å². The van der Waals surface area contributed by atoms with Crippen molar-refractivity contribution in [3.05, 3.63) is 57.0 Å². The zero-order valence-corrected chi connectivity index (χ0v) is 12.7. The molecule has 1 N–H and O–H groups in total. The van der Waals surface area contributed by atoms with Gasteiger partial charge in [-0.25, -0.2) is 4.98 Å². The number of aryl methyl sites for hydroxylation is 1. The molecule has 0 aliphatic rings. The molecule has 0 saturated carbocycles. The fourth-order valence-corrected chi connectivity index (χ4v) is 2.36. The molecule has 0 fully saturated rings. The second kappa shape index (κ2) is 7.22. The maximum atomic E-state index is 11.6. The van der Waals surface area contributed by atoms with Gasteiger partial charge in [0.05, 0.1) is 10.7 Å². The molecule has 104 valence electrons. The number of hydrogen-bond donors (Lipinski definition) is 1. The Morgan fingerprint density at radius 3 is 2.80 bits per heavy atom. The van der Waals surface area contributed by atoms with Crippen LogP contribution in [-0.2, 0) is 11.2 Å². The van der Waals surface area contributed by atoms with Crippen molar-refractivity contribution in [2.24, 2.45) is 0 Å². The molecule has 1 aromatic carbocycles. The molecule has 1 amide bonds. The number of halogens is 1. The van der Waals surface area contributed by atoms with Crippen LogP contribution in [0.25, 0.3) is 6.08 Å². The highest BCUT2D eigenvalue weighted by Crippen LogP contribution is 2.10. The van der Waals surface area contributed by atoms with Crippen molar-refractivity contribution in [1.82, 2.24) is 10.3 Å². The van der Waals surface area contributed by atoms with Gasteiger partial charge in [0.2, 0.25) is 5.91 Å². The van der Waals surface area contributed by atoms with Crippen LogP contribution in [0, 0.1) is 6.92 Å². The highest BCUT2D eigenvalue weighted by atomic mass is 35.5. The fraction of sp³-hybridized carbons (Fsp3) is 0.200. The molecule has 0 unspecified atom stereocenters. The lowest BCUT2D eigenvalue weighted by atomic mass is 10.1. The first-order valence-electron chi connectivity index (χ1n) is 6.26. The molecular formula is C15H15ClN2OS. The van der Waals surface area contributed by atoms with Gasteiger partial charge in [-0.15, -0.1) is 11.3 Å². The minimum Gasteiger partial charge on any atom is -0.352 e. The molecule has 1 aromatic heterocycles. The lowest BCUT2D eigenvalue weighted by Crippen LogP contribution is -2.23. The maximum Gasteiger partial charge on any atom is 0.244 e. The van der Waals surface area contributed by atoms with Gasteiger partial charge in [0, 0.05) is 23.0 Å². The minimum atomic E-state index is -0.107. The number of carbonyl (C=O) groups is 1. The highest BCUT2D eigenvalue weighted by molar-refractivity contribution is 7.09. The molecule has 3 nitrogen and oxygen atoms in total. The molecule has 2 rings (SSSR count). The van der Waals surface area contributed by atoms with Crippen molar-refractivity contribution in [1.29, 1.82) is 0 Å². The van der Waals surface area contributed by atoms with E-state index in [0.717, 1.165) is 27.7 Å². The van der Waals surface area contributed by atoms with Crippen LogP contribution in [0.3, 0.4) is 0 Å². The van der Waals surface area contributed by atoms with Gasteiger partial charge in [-0.3, -0.25) is 4.79 Å². The molecule has 1 heterocycles. The van der Waals surface area contributed by atoms with E-state index in [0.29, 0.717) is 6.54 Å². The lowest BCUT2D eigenvalue weighted by molar-refractivity contribution is -0.116. The van der Waals surface area contributed by atoms with E-state index < -0.39 is 0 Å². The van der Waals surface area contributed by atoms with Crippen molar-refractivity contribution < 1.29 is 4.79 Å². The molecule has 2 aromatic rings. The van der Waals surface area contributed by atoms with E-state index >= 15 is 0 Å². The topological polar surface area (TPSA) is 42.0 Å². The standard InChI is InChI=1S/C15H15ClN2OS/c1-11-18-14(10-20-11)6-7-15(19)17-9-8-12-2-4-13(16)5-3-12/h2-7,10H,8-9H2,1H3,(H,17,19)/b7-6+. The van der Waals surface area contributed by atoms with Crippen LogP contribution in [0.5, 0.6) is 0 Å². The zero-order valence-electron chi connectivity index (χ0n) is 11.1. The number of nitrogens with zero attached hydrogens (tertiary/aromatic N) is 1. The third-order valence-corrected chi connectivity index (χ3v) is 3.71. The Balaban J connectivity index is 1.75. The fourth-order valence-electron chi connectivity index (χ4n) is 1.66. The van der Waals surface area contributed by atoms with Crippen molar-refractivity contribution in [3.63, 3.8) is 0 Å². The van der Waals surface area contributed by atoms with Crippen LogP contribution in [-0.4, -0.2) is 17.4 Å². The van der Waals surface area contributed by atoms with E-state index in [4.69, 9.17) is 11.6 Å². The summed E-state index contributed by atoms with van der Waals surface area (Å²) in [6, 6.07) is 7.62. The monoisotopic (exact) mass is 306 g/mol. The Hall–Kier alpha value is -1.65. The smallest absolute Gasteiger partial charge is 0.244 e. The predicted molar refractivity (Wildman–Crippen MR) is 84.1 cm³/mol. The van der Waals surface area contributed by atoms with Crippen molar-refractivity contribution in [3.8, 4) is 0 Å². The molecular weight excluding hydrogens is 292 g/mol. The summed E-state index contributed by atoms with van der Waals surface area (Å²) in [7, 11) is 0. The summed E-state index contributed by atoms with van der Waals surface area (Å²) in [6.45, 7) is 2.54. The molecule has 0 radical (unpaired) electrons. The average Bonchev–Trinajstić information content (AvgIpc) is 2.85. The van der Waals surface area contributed by atoms with Crippen LogP contribution in [0.2, 0.25) is 5.02 Å². The first kappa shape index (κ1) is 14.8. The van der Waals surface area contributed by atoms with Gasteiger partial charge in [0.25, 0.3) is 0 Å². The van der Waals surface area contributed by atoms with E-state index in [1.165, 1.54) is 6.08 Å². The zero-order chi connectivity index (χ0) is 14.4. The number of rotatable bonds is 5. The SMILES string of the molecule is Cc1nc(/C=C/C(=O)NCCc2ccc(Cl)cc2)cs1. The summed E-state index contributed by atoms with van der Waals surface area (Å²) in [6.07, 6.45) is 4.02. The molecule has 0 aliphatic carbocycles. The third-order valence-electron chi connectivity index (χ3n) is 2.67. The Morgan fingerprint density at radius 2 is 2.15 bits per heavy atom. The van der Waals surface area contributed by atoms with Crippen LogP contribution in [0.15, 0.2) is 35.7 Å². The van der Waals surface area contributed by atoms with Crippen molar-refractivity contribution >= 4 is 34.9 Å². The molecule has 0 bridgehead atoms. The number of amides is 1. The molecule has 0 atom stereocenters. The maximum absolute atomic E-state index is 11.6. The quantitative estimate of drug-likeness (QED) is 0.859. The highest BCUT2D eigenvalue weighted by Gasteiger charge is 1.98. The van der Waals surface area contributed by atoms with Gasteiger partial charge in [0.1, 0.15) is 0 Å². The van der Waals surface area contributed by atoms with Gasteiger partial charge in [0.15, 0.2) is 0 Å². The van der Waals surface area contributed by atoms with Crippen LogP contribution in [0.4, 0.5) is 0 Å². The van der Waals surface area contributed by atoms with Crippen LogP contribution < -0.4 is 5.32 Å². The Bertz CT molecular complexity index is 605. The molecule has 0 aliphatic heterocycles. The summed E-state index contributed by atoms with van der Waals surface area (Å²) >= 11 is 7.38. The van der Waals surface area contributed by atoms with Gasteiger partial charge < -0.3 is 5.32 Å². The van der Waals surface area contributed by atoms with Crippen LogP contribution in [0.1, 0.15) is 16.3 Å². The van der Waals surface area contributed by atoms with Crippen LogP contribution >= 0.6 is 22.9 Å². The number of carbonyl (C=O) groups excluding carboxylic acids is 1. The molecule has 0 spiro atoms. The third kappa shape index (κ3) is 4.79. The summed E-state index contributed by atoms with van der Waals surface area (Å²) < 4.78 is 0. The van der Waals surface area contributed by atoms with Gasteiger partial charge in [-0.1, -0.05) is 23.7 Å². The van der Waals surface area contributed by atoms with E-state index in [9.17, 15) is 4.79 Å². The van der Waals surface area contributed by atoms with Gasteiger partial charge in [-0.2, -0.15) is 0 Å². The summed E-state index contributed by atoms with van der Waals surface area (Å²) in [4.78, 5) is 15.9. The largest absolute Gasteiger partial charge is 0.352 e. The summed E-state index contributed by atoms with van der Waals surface area (Å²) in [5, 5.41) is 6.48. The second-order valence-electron chi connectivity index (χ2n) is 4.29. The molecule has 0 saturated heterocycles. The average molecular weight is 307 g/mol. The number of benzene rings is 1. The summed E-state index contributed by atoms with van der Waals surface area (Å²) in [5.41, 5.74) is 1.97. The normalized spacial score (nSPS) is 10.9. The Kier molecular flexibility index (Phi) is 5.32. The minimum absolute atomic E-state index is 0.107. The van der Waals surface area contributed by atoms with Gasteiger partial charge >= 0.3 is 0 Å². The summed E-state index contributed by atoms with van der Waals surface area (Å²) in [5.74, 6) is -0.107. The lowest BCUT2D eigenvalue weighted by Gasteiger charge is -2.02. The first-order chi connectivity index (χ1) is 9.63. The number of hydrogen-bond acceptors (Lipinski definition) is 3. The van der Waals surface area contributed by atoms with Crippen molar-refractivity contribution in [2.45, 2.75) is 13.3 Å². The molecule has 5 heteroatoms. The van der Waals surface area contributed by atoms with E-state index in [-0.39, 0.29) is 5.91 Å².